The molecule has 0 radical (unpaired) electrons. The summed E-state index contributed by atoms with van der Waals surface area (Å²) < 4.78 is 0. The summed E-state index contributed by atoms with van der Waals surface area (Å²) in [6.45, 7) is 11.0. The normalized spacial score (nSPS) is 12.0. The maximum absolute atomic E-state index is 2.25. The lowest BCUT2D eigenvalue weighted by atomic mass is 10.0. The zero-order chi connectivity index (χ0) is 8.85. The standard InChI is InChI=1S/C11H20/c1-6-11(10(4)5)8-7-9(2)3/h7-8,10H,6H2,1-5H3/b11-8+. The first kappa shape index (κ1) is 10.5. The number of allylic oxidation sites excluding steroid dienone is 4. The van der Waals surface area contributed by atoms with Gasteiger partial charge in [0.2, 0.25) is 0 Å². The van der Waals surface area contributed by atoms with Gasteiger partial charge >= 0.3 is 0 Å². The zero-order valence-electron chi connectivity index (χ0n) is 8.44. The lowest BCUT2D eigenvalue weighted by Gasteiger charge is -2.06. The van der Waals surface area contributed by atoms with Gasteiger partial charge in [0.25, 0.3) is 0 Å². The van der Waals surface area contributed by atoms with Crippen LogP contribution in [0.15, 0.2) is 23.3 Å². The summed E-state index contributed by atoms with van der Waals surface area (Å²) >= 11 is 0. The van der Waals surface area contributed by atoms with Crippen molar-refractivity contribution in [3.8, 4) is 0 Å². The molecule has 0 unspecified atom stereocenters. The molecule has 0 bridgehead atoms. The van der Waals surface area contributed by atoms with Crippen LogP contribution < -0.4 is 0 Å². The van der Waals surface area contributed by atoms with Gasteiger partial charge in [-0.15, -0.1) is 0 Å². The predicted octanol–water partition coefficient (Wildman–Crippen LogP) is 3.95. The Labute approximate surface area is 71.0 Å². The first-order chi connectivity index (χ1) is 5.07. The van der Waals surface area contributed by atoms with Crippen LogP contribution in [0, 0.1) is 5.92 Å². The Morgan fingerprint density at radius 1 is 1.18 bits per heavy atom. The molecule has 0 aromatic heterocycles. The number of hydrogen-bond donors (Lipinski definition) is 0. The van der Waals surface area contributed by atoms with Gasteiger partial charge in [0.15, 0.2) is 0 Å². The molecule has 0 heteroatoms. The summed E-state index contributed by atoms with van der Waals surface area (Å²) in [6.07, 6.45) is 5.61. The van der Waals surface area contributed by atoms with Crippen molar-refractivity contribution in [3.05, 3.63) is 23.3 Å². The van der Waals surface area contributed by atoms with Crippen LogP contribution >= 0.6 is 0 Å². The predicted molar refractivity (Wildman–Crippen MR) is 52.6 cm³/mol. The molecule has 0 fully saturated rings. The van der Waals surface area contributed by atoms with E-state index in [1.54, 1.807) is 0 Å². The van der Waals surface area contributed by atoms with Crippen molar-refractivity contribution in [2.24, 2.45) is 5.92 Å². The van der Waals surface area contributed by atoms with Gasteiger partial charge in [-0.25, -0.2) is 0 Å². The first-order valence-electron chi connectivity index (χ1n) is 4.41. The van der Waals surface area contributed by atoms with E-state index in [4.69, 9.17) is 0 Å². The Morgan fingerprint density at radius 3 is 2.00 bits per heavy atom. The summed E-state index contributed by atoms with van der Waals surface area (Å²) in [7, 11) is 0. The van der Waals surface area contributed by atoms with Gasteiger partial charge in [-0.05, 0) is 26.2 Å². The van der Waals surface area contributed by atoms with E-state index in [1.807, 2.05) is 0 Å². The molecule has 0 aliphatic rings. The van der Waals surface area contributed by atoms with Gasteiger partial charge in [-0.3, -0.25) is 0 Å². The molecule has 0 amide bonds. The molecule has 0 aromatic rings. The Balaban J connectivity index is 4.24. The molecule has 0 aliphatic carbocycles. The van der Waals surface area contributed by atoms with Crippen molar-refractivity contribution < 1.29 is 0 Å². The van der Waals surface area contributed by atoms with E-state index in [2.05, 4.69) is 46.8 Å². The van der Waals surface area contributed by atoms with Crippen LogP contribution in [0.2, 0.25) is 0 Å². The van der Waals surface area contributed by atoms with Crippen LogP contribution in [0.1, 0.15) is 41.0 Å². The summed E-state index contributed by atoms with van der Waals surface area (Å²) in [5.41, 5.74) is 2.91. The highest BCUT2D eigenvalue weighted by Gasteiger charge is 1.97. The molecule has 0 N–H and O–H groups in total. The minimum atomic E-state index is 0.690. The quantitative estimate of drug-likeness (QED) is 0.537. The van der Waals surface area contributed by atoms with E-state index in [-0.39, 0.29) is 0 Å². The maximum atomic E-state index is 2.25. The molecule has 0 aromatic carbocycles. The second-order valence-corrected chi connectivity index (χ2v) is 3.49. The Kier molecular flexibility index (Phi) is 4.93. The van der Waals surface area contributed by atoms with E-state index in [9.17, 15) is 0 Å². The van der Waals surface area contributed by atoms with Crippen molar-refractivity contribution in [2.45, 2.75) is 41.0 Å². The smallest absolute Gasteiger partial charge is 0.0257 e. The minimum absolute atomic E-state index is 0.690. The third-order valence-corrected chi connectivity index (χ3v) is 1.78. The fourth-order valence-electron chi connectivity index (χ4n) is 0.992. The van der Waals surface area contributed by atoms with Crippen molar-refractivity contribution in [2.75, 3.05) is 0 Å². The minimum Gasteiger partial charge on any atom is -0.0764 e. The third kappa shape index (κ3) is 4.83. The first-order valence-corrected chi connectivity index (χ1v) is 4.41. The maximum Gasteiger partial charge on any atom is -0.0257 e. The van der Waals surface area contributed by atoms with Gasteiger partial charge in [-0.2, -0.15) is 0 Å². The number of hydrogen-bond acceptors (Lipinski definition) is 0. The molecule has 0 heterocycles. The van der Waals surface area contributed by atoms with Crippen LogP contribution in [0.25, 0.3) is 0 Å². The van der Waals surface area contributed by atoms with Crippen LogP contribution in [0.5, 0.6) is 0 Å². The molecule has 64 valence electrons. The van der Waals surface area contributed by atoms with Crippen LogP contribution in [0.4, 0.5) is 0 Å². The summed E-state index contributed by atoms with van der Waals surface area (Å²) in [4.78, 5) is 0. The lowest BCUT2D eigenvalue weighted by Crippen LogP contribution is -1.91. The van der Waals surface area contributed by atoms with Gasteiger partial charge in [0.1, 0.15) is 0 Å². The van der Waals surface area contributed by atoms with Crippen molar-refractivity contribution in [1.29, 1.82) is 0 Å². The summed E-state index contributed by atoms with van der Waals surface area (Å²) in [6, 6.07) is 0. The Morgan fingerprint density at radius 2 is 1.73 bits per heavy atom. The average molecular weight is 152 g/mol. The van der Waals surface area contributed by atoms with E-state index in [0.29, 0.717) is 5.92 Å². The van der Waals surface area contributed by atoms with E-state index >= 15 is 0 Å². The van der Waals surface area contributed by atoms with E-state index in [0.717, 1.165) is 0 Å². The highest BCUT2D eigenvalue weighted by Crippen LogP contribution is 2.13. The monoisotopic (exact) mass is 152 g/mol. The van der Waals surface area contributed by atoms with E-state index < -0.39 is 0 Å². The van der Waals surface area contributed by atoms with Gasteiger partial charge in [-0.1, -0.05) is 44.1 Å². The number of rotatable bonds is 3. The molecule has 0 rings (SSSR count). The largest absolute Gasteiger partial charge is 0.0764 e. The molecule has 0 atom stereocenters. The molecule has 0 nitrogen and oxygen atoms in total. The third-order valence-electron chi connectivity index (χ3n) is 1.78. The molecule has 11 heavy (non-hydrogen) atoms. The molecular weight excluding hydrogens is 132 g/mol. The van der Waals surface area contributed by atoms with Crippen molar-refractivity contribution in [3.63, 3.8) is 0 Å². The van der Waals surface area contributed by atoms with Gasteiger partial charge in [0.05, 0.1) is 0 Å². The van der Waals surface area contributed by atoms with Crippen molar-refractivity contribution in [1.82, 2.24) is 0 Å². The fourth-order valence-corrected chi connectivity index (χ4v) is 0.992. The van der Waals surface area contributed by atoms with Crippen molar-refractivity contribution >= 4 is 0 Å². The molecule has 0 saturated carbocycles. The molecule has 0 aliphatic heterocycles. The second kappa shape index (κ2) is 5.17. The van der Waals surface area contributed by atoms with Crippen LogP contribution in [0.3, 0.4) is 0 Å². The Hall–Kier alpha value is -0.520. The summed E-state index contributed by atoms with van der Waals surface area (Å²) in [5.74, 6) is 0.690. The summed E-state index contributed by atoms with van der Waals surface area (Å²) in [5, 5.41) is 0. The highest BCUT2D eigenvalue weighted by atomic mass is 14.0. The van der Waals surface area contributed by atoms with Gasteiger partial charge < -0.3 is 0 Å². The zero-order valence-corrected chi connectivity index (χ0v) is 8.44. The van der Waals surface area contributed by atoms with Gasteiger partial charge in [0, 0.05) is 0 Å². The Bertz CT molecular complexity index is 155. The fraction of sp³-hybridized carbons (Fsp3) is 0.636. The van der Waals surface area contributed by atoms with Crippen LogP contribution in [-0.4, -0.2) is 0 Å². The van der Waals surface area contributed by atoms with E-state index in [1.165, 1.54) is 17.6 Å². The molecule has 0 spiro atoms. The second-order valence-electron chi connectivity index (χ2n) is 3.49. The average Bonchev–Trinajstić information content (AvgIpc) is 1.87. The molecule has 0 saturated heterocycles. The lowest BCUT2D eigenvalue weighted by molar-refractivity contribution is 0.732. The highest BCUT2D eigenvalue weighted by molar-refractivity contribution is 5.16. The molecular formula is C11H20. The SMILES string of the molecule is CC/C(=C\C=C(C)C)C(C)C. The van der Waals surface area contributed by atoms with Crippen LogP contribution in [-0.2, 0) is 0 Å². The topological polar surface area (TPSA) is 0 Å².